The van der Waals surface area contributed by atoms with Crippen LogP contribution in [0.3, 0.4) is 0 Å². The lowest BCUT2D eigenvalue weighted by Gasteiger charge is -2.09. The number of amides is 2. The average molecular weight is 206 g/mol. The van der Waals surface area contributed by atoms with Gasteiger partial charge in [0.2, 0.25) is 6.41 Å². The molecule has 1 rings (SSSR count). The van der Waals surface area contributed by atoms with E-state index in [4.69, 9.17) is 0 Å². The summed E-state index contributed by atoms with van der Waals surface area (Å²) in [6.07, 6.45) is 0.601. The van der Waals surface area contributed by atoms with Gasteiger partial charge in [-0.05, 0) is 31.5 Å². The molecule has 0 heterocycles. The lowest BCUT2D eigenvalue weighted by molar-refractivity contribution is -0.105. The lowest BCUT2D eigenvalue weighted by Crippen LogP contribution is -2.23. The summed E-state index contributed by atoms with van der Waals surface area (Å²) in [5, 5.41) is 5.27. The van der Waals surface area contributed by atoms with Gasteiger partial charge in [0, 0.05) is 17.8 Å². The molecule has 15 heavy (non-hydrogen) atoms. The number of rotatable bonds is 4. The van der Waals surface area contributed by atoms with E-state index in [0.717, 1.165) is 5.56 Å². The molecule has 0 atom stereocenters. The molecule has 2 amide bonds. The normalized spacial score (nSPS) is 9.47. The SMILES string of the molecule is CCNC(=O)c1cccc(NC=O)c1C. The van der Waals surface area contributed by atoms with Gasteiger partial charge in [-0.25, -0.2) is 0 Å². The smallest absolute Gasteiger partial charge is 0.251 e. The number of benzene rings is 1. The van der Waals surface area contributed by atoms with Crippen LogP contribution in [0.1, 0.15) is 22.8 Å². The van der Waals surface area contributed by atoms with Gasteiger partial charge in [-0.15, -0.1) is 0 Å². The largest absolute Gasteiger partial charge is 0.352 e. The van der Waals surface area contributed by atoms with Crippen molar-refractivity contribution in [3.8, 4) is 0 Å². The molecule has 1 aromatic carbocycles. The Kier molecular flexibility index (Phi) is 3.85. The van der Waals surface area contributed by atoms with Gasteiger partial charge in [-0.2, -0.15) is 0 Å². The van der Waals surface area contributed by atoms with Crippen molar-refractivity contribution in [2.45, 2.75) is 13.8 Å². The molecule has 80 valence electrons. The molecule has 4 heteroatoms. The van der Waals surface area contributed by atoms with Crippen LogP contribution in [0, 0.1) is 6.92 Å². The second kappa shape index (κ2) is 5.14. The molecule has 0 saturated carbocycles. The fourth-order valence-corrected chi connectivity index (χ4v) is 1.36. The third-order valence-corrected chi connectivity index (χ3v) is 2.13. The maximum Gasteiger partial charge on any atom is 0.251 e. The number of carbonyl (C=O) groups is 2. The van der Waals surface area contributed by atoms with E-state index in [2.05, 4.69) is 10.6 Å². The molecule has 0 aliphatic heterocycles. The van der Waals surface area contributed by atoms with Gasteiger partial charge in [0.1, 0.15) is 0 Å². The van der Waals surface area contributed by atoms with Crippen molar-refractivity contribution in [2.24, 2.45) is 0 Å². The van der Waals surface area contributed by atoms with Crippen LogP contribution >= 0.6 is 0 Å². The van der Waals surface area contributed by atoms with Crippen molar-refractivity contribution in [3.05, 3.63) is 29.3 Å². The van der Waals surface area contributed by atoms with E-state index in [0.29, 0.717) is 24.2 Å². The van der Waals surface area contributed by atoms with Gasteiger partial charge < -0.3 is 10.6 Å². The molecule has 0 fully saturated rings. The highest BCUT2D eigenvalue weighted by atomic mass is 16.1. The van der Waals surface area contributed by atoms with Crippen LogP contribution in [0.5, 0.6) is 0 Å². The number of hydrogen-bond acceptors (Lipinski definition) is 2. The number of nitrogens with one attached hydrogen (secondary N) is 2. The second-order valence-corrected chi connectivity index (χ2v) is 3.10. The summed E-state index contributed by atoms with van der Waals surface area (Å²) in [5.41, 5.74) is 2.02. The number of carbonyl (C=O) groups excluding carboxylic acids is 2. The molecule has 0 spiro atoms. The Morgan fingerprint density at radius 2 is 2.20 bits per heavy atom. The molecular weight excluding hydrogens is 192 g/mol. The zero-order chi connectivity index (χ0) is 11.3. The average Bonchev–Trinajstić information content (AvgIpc) is 2.22. The van der Waals surface area contributed by atoms with Gasteiger partial charge >= 0.3 is 0 Å². The molecule has 0 aliphatic carbocycles. The van der Waals surface area contributed by atoms with Crippen molar-refractivity contribution in [2.75, 3.05) is 11.9 Å². The number of hydrogen-bond donors (Lipinski definition) is 2. The molecule has 2 N–H and O–H groups in total. The van der Waals surface area contributed by atoms with E-state index >= 15 is 0 Å². The van der Waals surface area contributed by atoms with Crippen LogP contribution in [0.15, 0.2) is 18.2 Å². The minimum absolute atomic E-state index is 0.121. The van der Waals surface area contributed by atoms with Crippen LogP contribution in [0.4, 0.5) is 5.69 Å². The zero-order valence-electron chi connectivity index (χ0n) is 8.83. The van der Waals surface area contributed by atoms with Gasteiger partial charge in [0.25, 0.3) is 5.91 Å². The predicted octanol–water partition coefficient (Wildman–Crippen LogP) is 1.31. The van der Waals surface area contributed by atoms with Crippen LogP contribution in [-0.2, 0) is 4.79 Å². The van der Waals surface area contributed by atoms with Crippen molar-refractivity contribution in [1.29, 1.82) is 0 Å². The third kappa shape index (κ3) is 2.56. The molecule has 0 radical (unpaired) electrons. The summed E-state index contributed by atoms with van der Waals surface area (Å²) < 4.78 is 0. The van der Waals surface area contributed by atoms with Gasteiger partial charge in [0.05, 0.1) is 0 Å². The van der Waals surface area contributed by atoms with E-state index < -0.39 is 0 Å². The maximum atomic E-state index is 11.6. The summed E-state index contributed by atoms with van der Waals surface area (Å²) in [5.74, 6) is -0.121. The Hall–Kier alpha value is -1.84. The summed E-state index contributed by atoms with van der Waals surface area (Å²) in [6.45, 7) is 4.25. The Morgan fingerprint density at radius 3 is 2.80 bits per heavy atom. The number of anilines is 1. The highest BCUT2D eigenvalue weighted by Gasteiger charge is 2.09. The monoisotopic (exact) mass is 206 g/mol. The van der Waals surface area contributed by atoms with E-state index in [1.807, 2.05) is 6.92 Å². The summed E-state index contributed by atoms with van der Waals surface area (Å²) in [4.78, 5) is 21.9. The minimum Gasteiger partial charge on any atom is -0.352 e. The van der Waals surface area contributed by atoms with Crippen LogP contribution in [-0.4, -0.2) is 18.9 Å². The minimum atomic E-state index is -0.121. The van der Waals surface area contributed by atoms with Crippen LogP contribution in [0.25, 0.3) is 0 Å². The molecule has 4 nitrogen and oxygen atoms in total. The first-order chi connectivity index (χ1) is 7.20. The summed E-state index contributed by atoms with van der Waals surface area (Å²) in [6, 6.07) is 5.23. The quantitative estimate of drug-likeness (QED) is 0.730. The van der Waals surface area contributed by atoms with Crippen molar-refractivity contribution >= 4 is 18.0 Å². The van der Waals surface area contributed by atoms with E-state index in [-0.39, 0.29) is 5.91 Å². The van der Waals surface area contributed by atoms with E-state index in [1.54, 1.807) is 25.1 Å². The lowest BCUT2D eigenvalue weighted by atomic mass is 10.1. The Balaban J connectivity index is 3.03. The van der Waals surface area contributed by atoms with Gasteiger partial charge in [0.15, 0.2) is 0 Å². The van der Waals surface area contributed by atoms with Crippen LogP contribution < -0.4 is 10.6 Å². The topological polar surface area (TPSA) is 58.2 Å². The van der Waals surface area contributed by atoms with Crippen molar-refractivity contribution in [3.63, 3.8) is 0 Å². The van der Waals surface area contributed by atoms with Crippen LogP contribution in [0.2, 0.25) is 0 Å². The molecule has 0 bridgehead atoms. The first kappa shape index (κ1) is 11.2. The molecular formula is C11H14N2O2. The fourth-order valence-electron chi connectivity index (χ4n) is 1.36. The second-order valence-electron chi connectivity index (χ2n) is 3.10. The van der Waals surface area contributed by atoms with E-state index in [1.165, 1.54) is 0 Å². The third-order valence-electron chi connectivity index (χ3n) is 2.13. The molecule has 0 saturated heterocycles. The summed E-state index contributed by atoms with van der Waals surface area (Å²) >= 11 is 0. The maximum absolute atomic E-state index is 11.6. The predicted molar refractivity (Wildman–Crippen MR) is 58.9 cm³/mol. The molecule has 0 aliphatic rings. The molecule has 0 aromatic heterocycles. The fraction of sp³-hybridized carbons (Fsp3) is 0.273. The Labute approximate surface area is 88.7 Å². The first-order valence-electron chi connectivity index (χ1n) is 4.78. The van der Waals surface area contributed by atoms with Crippen molar-refractivity contribution in [1.82, 2.24) is 5.32 Å². The zero-order valence-corrected chi connectivity index (χ0v) is 8.83. The van der Waals surface area contributed by atoms with E-state index in [9.17, 15) is 9.59 Å². The molecule has 1 aromatic rings. The molecule has 0 unspecified atom stereocenters. The van der Waals surface area contributed by atoms with Gasteiger partial charge in [-0.3, -0.25) is 9.59 Å². The summed E-state index contributed by atoms with van der Waals surface area (Å²) in [7, 11) is 0. The van der Waals surface area contributed by atoms with Crippen molar-refractivity contribution < 1.29 is 9.59 Å². The Bertz CT molecular complexity index is 375. The highest BCUT2D eigenvalue weighted by molar-refractivity contribution is 5.97. The van der Waals surface area contributed by atoms with Gasteiger partial charge in [-0.1, -0.05) is 6.07 Å². The highest BCUT2D eigenvalue weighted by Crippen LogP contribution is 2.18. The first-order valence-corrected chi connectivity index (χ1v) is 4.78. The Morgan fingerprint density at radius 1 is 1.47 bits per heavy atom. The standard InChI is InChI=1S/C11H14N2O2/c1-3-12-11(15)9-5-4-6-10(8(9)2)13-7-14/h4-7H,3H2,1-2H3,(H,12,15)(H,13,14).